The van der Waals surface area contributed by atoms with Crippen LogP contribution in [0.3, 0.4) is 0 Å². The van der Waals surface area contributed by atoms with Crippen molar-refractivity contribution >= 4 is 22.8 Å². The summed E-state index contributed by atoms with van der Waals surface area (Å²) in [6.45, 7) is 0.0480. The fourth-order valence-electron chi connectivity index (χ4n) is 2.83. The molecule has 0 fully saturated rings. The lowest BCUT2D eigenvalue weighted by Crippen LogP contribution is -2.37. The van der Waals surface area contributed by atoms with Crippen LogP contribution < -0.4 is 10.8 Å². The molecule has 1 atom stereocenters. The van der Waals surface area contributed by atoms with Crippen LogP contribution in [0.1, 0.15) is 16.8 Å². The predicted octanol–water partition coefficient (Wildman–Crippen LogP) is 2.71. The molecule has 8 nitrogen and oxygen atoms in total. The second-order valence-electron chi connectivity index (χ2n) is 6.37. The zero-order chi connectivity index (χ0) is 20.6. The highest BCUT2D eigenvalue weighted by Gasteiger charge is 2.16. The fourth-order valence-corrected chi connectivity index (χ4v) is 2.83. The smallest absolute Gasteiger partial charge is 0.251 e. The molecule has 3 rings (SSSR count). The molecule has 2 aromatic carbocycles. The van der Waals surface area contributed by atoms with Crippen LogP contribution >= 0.6 is 0 Å². The largest absolute Gasteiger partial charge is 0.456 e. The molecule has 0 bridgehead atoms. The van der Waals surface area contributed by atoms with Crippen molar-refractivity contribution in [1.82, 2.24) is 10.8 Å². The minimum Gasteiger partial charge on any atom is -0.456 e. The highest BCUT2D eigenvalue weighted by molar-refractivity contribution is 5.94. The highest BCUT2D eigenvalue weighted by atomic mass is 16.7. The summed E-state index contributed by atoms with van der Waals surface area (Å²) in [6.07, 6.45) is -0.758. The lowest BCUT2D eigenvalue weighted by Gasteiger charge is -2.17. The minimum absolute atomic E-state index is 0.0363. The molecule has 0 spiro atoms. The average Bonchev–Trinajstić information content (AvgIpc) is 3.19. The van der Waals surface area contributed by atoms with E-state index in [0.29, 0.717) is 5.56 Å². The number of carbonyl (C=O) groups excluding carboxylic acids is 2. The number of benzene rings is 2. The van der Waals surface area contributed by atoms with Gasteiger partial charge in [-0.1, -0.05) is 30.3 Å². The first-order valence-electron chi connectivity index (χ1n) is 9.01. The van der Waals surface area contributed by atoms with Crippen LogP contribution in [0.25, 0.3) is 22.3 Å². The van der Waals surface area contributed by atoms with Gasteiger partial charge >= 0.3 is 0 Å². The summed E-state index contributed by atoms with van der Waals surface area (Å²) in [6, 6.07) is 16.7. The van der Waals surface area contributed by atoms with E-state index < -0.39 is 12.0 Å². The van der Waals surface area contributed by atoms with Crippen molar-refractivity contribution < 1.29 is 28.7 Å². The van der Waals surface area contributed by atoms with Gasteiger partial charge in [0.05, 0.1) is 12.5 Å². The molecule has 0 saturated carbocycles. The van der Waals surface area contributed by atoms with Crippen LogP contribution in [-0.4, -0.2) is 43.6 Å². The molecule has 1 aromatic heterocycles. The molecule has 1 heterocycles. The Balaban J connectivity index is 1.62. The van der Waals surface area contributed by atoms with E-state index in [0.717, 1.165) is 22.3 Å². The Morgan fingerprint density at radius 2 is 1.90 bits per heavy atom. The standard InChI is InChI=1S/C21H22N2O6/c1-27-13-28-17(11-20(24)23-26)12-22-21(25)15-8-6-14(7-9-15)19-10-16-4-2-3-5-18(16)29-19/h2-10,17,26H,11-13H2,1H3,(H,22,25)(H,23,24)/t17-/m0/s1. The summed E-state index contributed by atoms with van der Waals surface area (Å²) < 4.78 is 16.0. The topological polar surface area (TPSA) is 110 Å². The Kier molecular flexibility index (Phi) is 6.96. The number of para-hydroxylation sites is 1. The van der Waals surface area contributed by atoms with Gasteiger partial charge in [0.15, 0.2) is 0 Å². The monoisotopic (exact) mass is 398 g/mol. The highest BCUT2D eigenvalue weighted by Crippen LogP contribution is 2.27. The second-order valence-corrected chi connectivity index (χ2v) is 6.37. The van der Waals surface area contributed by atoms with Crippen molar-refractivity contribution in [2.45, 2.75) is 12.5 Å². The number of hydrogen-bond donors (Lipinski definition) is 3. The first kappa shape index (κ1) is 20.5. The van der Waals surface area contributed by atoms with Gasteiger partial charge in [-0.2, -0.15) is 0 Å². The molecule has 0 aliphatic carbocycles. The van der Waals surface area contributed by atoms with Gasteiger partial charge in [-0.25, -0.2) is 5.48 Å². The van der Waals surface area contributed by atoms with E-state index in [4.69, 9.17) is 19.1 Å². The third-order valence-electron chi connectivity index (χ3n) is 4.31. The van der Waals surface area contributed by atoms with Gasteiger partial charge in [0.1, 0.15) is 18.1 Å². The molecular formula is C21H22N2O6. The maximum absolute atomic E-state index is 12.4. The van der Waals surface area contributed by atoms with Crippen molar-refractivity contribution in [1.29, 1.82) is 0 Å². The third-order valence-corrected chi connectivity index (χ3v) is 4.31. The molecule has 0 saturated heterocycles. The van der Waals surface area contributed by atoms with E-state index in [1.54, 1.807) is 17.6 Å². The van der Waals surface area contributed by atoms with Gasteiger partial charge < -0.3 is 19.2 Å². The predicted molar refractivity (Wildman–Crippen MR) is 105 cm³/mol. The normalized spacial score (nSPS) is 11.9. The van der Waals surface area contributed by atoms with E-state index in [1.165, 1.54) is 7.11 Å². The number of amides is 2. The fraction of sp³-hybridized carbons (Fsp3) is 0.238. The van der Waals surface area contributed by atoms with Crippen molar-refractivity contribution in [3.05, 3.63) is 60.2 Å². The zero-order valence-corrected chi connectivity index (χ0v) is 15.9. The van der Waals surface area contributed by atoms with Gasteiger partial charge in [0.2, 0.25) is 5.91 Å². The van der Waals surface area contributed by atoms with Gasteiger partial charge in [-0.15, -0.1) is 0 Å². The third kappa shape index (κ3) is 5.41. The van der Waals surface area contributed by atoms with Crippen molar-refractivity contribution in [2.24, 2.45) is 0 Å². The molecule has 0 aliphatic rings. The average molecular weight is 398 g/mol. The molecule has 0 radical (unpaired) electrons. The number of nitrogens with one attached hydrogen (secondary N) is 2. The Labute approximate surface area is 167 Å². The Hall–Kier alpha value is -3.20. The molecule has 3 N–H and O–H groups in total. The van der Waals surface area contributed by atoms with Crippen molar-refractivity contribution in [3.8, 4) is 11.3 Å². The van der Waals surface area contributed by atoms with Crippen molar-refractivity contribution in [2.75, 3.05) is 20.4 Å². The summed E-state index contributed by atoms with van der Waals surface area (Å²) in [5, 5.41) is 12.4. The molecule has 29 heavy (non-hydrogen) atoms. The number of hydrogen-bond acceptors (Lipinski definition) is 6. The summed E-state index contributed by atoms with van der Waals surface area (Å²) >= 11 is 0. The molecular weight excluding hydrogens is 376 g/mol. The van der Waals surface area contributed by atoms with Gasteiger partial charge in [0, 0.05) is 30.2 Å². The molecule has 8 heteroatoms. The van der Waals surface area contributed by atoms with E-state index in [-0.39, 0.29) is 25.7 Å². The van der Waals surface area contributed by atoms with Crippen LogP contribution in [0.4, 0.5) is 0 Å². The molecule has 152 valence electrons. The van der Waals surface area contributed by atoms with Crippen LogP contribution in [0.2, 0.25) is 0 Å². The maximum atomic E-state index is 12.4. The number of methoxy groups -OCH3 is 1. The Morgan fingerprint density at radius 1 is 1.14 bits per heavy atom. The van der Waals surface area contributed by atoms with E-state index in [2.05, 4.69) is 5.32 Å². The van der Waals surface area contributed by atoms with Gasteiger partial charge in [-0.05, 0) is 24.3 Å². The number of carbonyl (C=O) groups is 2. The first-order chi connectivity index (χ1) is 14.1. The summed E-state index contributed by atoms with van der Waals surface area (Å²) in [5.74, 6) is -0.201. The maximum Gasteiger partial charge on any atom is 0.251 e. The summed E-state index contributed by atoms with van der Waals surface area (Å²) in [7, 11) is 1.45. The number of ether oxygens (including phenoxy) is 2. The second kappa shape index (κ2) is 9.83. The van der Waals surface area contributed by atoms with Crippen LogP contribution in [0, 0.1) is 0 Å². The number of hydroxylamine groups is 1. The van der Waals surface area contributed by atoms with E-state index in [9.17, 15) is 9.59 Å². The molecule has 0 unspecified atom stereocenters. The quantitative estimate of drug-likeness (QED) is 0.290. The van der Waals surface area contributed by atoms with E-state index in [1.807, 2.05) is 42.5 Å². The summed E-state index contributed by atoms with van der Waals surface area (Å²) in [5.41, 5.74) is 3.67. The van der Waals surface area contributed by atoms with Gasteiger partial charge in [0.25, 0.3) is 5.91 Å². The number of rotatable bonds is 9. The Bertz CT molecular complexity index is 934. The lowest BCUT2D eigenvalue weighted by molar-refractivity contribution is -0.135. The lowest BCUT2D eigenvalue weighted by atomic mass is 10.1. The molecule has 3 aromatic rings. The van der Waals surface area contributed by atoms with Crippen LogP contribution in [0.5, 0.6) is 0 Å². The van der Waals surface area contributed by atoms with Crippen molar-refractivity contribution in [3.63, 3.8) is 0 Å². The van der Waals surface area contributed by atoms with E-state index >= 15 is 0 Å². The molecule has 0 aliphatic heterocycles. The van der Waals surface area contributed by atoms with Crippen LogP contribution in [-0.2, 0) is 14.3 Å². The SMILES string of the molecule is COCO[C@H](CNC(=O)c1ccc(-c2cc3ccccc3o2)cc1)CC(=O)NO. The molecule has 2 amide bonds. The Morgan fingerprint density at radius 3 is 2.59 bits per heavy atom. The van der Waals surface area contributed by atoms with Crippen LogP contribution in [0.15, 0.2) is 59.0 Å². The first-order valence-corrected chi connectivity index (χ1v) is 9.01. The summed E-state index contributed by atoms with van der Waals surface area (Å²) in [4.78, 5) is 23.7. The zero-order valence-electron chi connectivity index (χ0n) is 15.9. The number of fused-ring (bicyclic) bond motifs is 1. The minimum atomic E-state index is -0.638. The van der Waals surface area contributed by atoms with Gasteiger partial charge in [-0.3, -0.25) is 14.8 Å². The number of furan rings is 1.